The van der Waals surface area contributed by atoms with E-state index in [1.807, 2.05) is 6.08 Å². The molecule has 0 spiro atoms. The predicted molar refractivity (Wildman–Crippen MR) is 91.1 cm³/mol. The van der Waals surface area contributed by atoms with E-state index in [2.05, 4.69) is 0 Å². The highest BCUT2D eigenvalue weighted by Crippen LogP contribution is 2.31. The van der Waals surface area contributed by atoms with Crippen LogP contribution < -0.4 is 4.74 Å². The summed E-state index contributed by atoms with van der Waals surface area (Å²) in [6, 6.07) is 7.00. The van der Waals surface area contributed by atoms with Crippen LogP contribution in [0.25, 0.3) is 0 Å². The minimum absolute atomic E-state index is 0.0108. The Morgan fingerprint density at radius 1 is 1.04 bits per heavy atom. The first-order valence-corrected chi connectivity index (χ1v) is 8.43. The Balaban J connectivity index is 1.58. The van der Waals surface area contributed by atoms with E-state index in [-0.39, 0.29) is 24.4 Å². The second-order valence-corrected chi connectivity index (χ2v) is 6.14. The minimum atomic E-state index is -0.0108. The number of hydrogen-bond donors (Lipinski definition) is 0. The molecular formula is C20H22O4. The SMILES string of the molecule is COc1ccc(C(=O)CCC(=O)C2=CC3=C(CC2)OCCC3)cc1. The van der Waals surface area contributed by atoms with Crippen molar-refractivity contribution >= 4 is 11.6 Å². The average Bonchev–Trinajstić information content (AvgIpc) is 2.65. The maximum Gasteiger partial charge on any atom is 0.163 e. The topological polar surface area (TPSA) is 52.6 Å². The molecule has 0 aromatic heterocycles. The molecule has 126 valence electrons. The number of ketones is 2. The molecule has 3 rings (SSSR count). The summed E-state index contributed by atoms with van der Waals surface area (Å²) in [5.74, 6) is 1.83. The summed E-state index contributed by atoms with van der Waals surface area (Å²) < 4.78 is 10.7. The van der Waals surface area contributed by atoms with Crippen molar-refractivity contribution in [3.63, 3.8) is 0 Å². The highest BCUT2D eigenvalue weighted by molar-refractivity contribution is 6.02. The second-order valence-electron chi connectivity index (χ2n) is 6.14. The monoisotopic (exact) mass is 326 g/mol. The quantitative estimate of drug-likeness (QED) is 0.741. The standard InChI is InChI=1S/C20H22O4/c1-23-17-7-4-14(5-8-17)18(21)9-10-19(22)15-6-11-20-16(13-15)3-2-12-24-20/h4-5,7-8,13H,2-3,6,9-12H2,1H3. The van der Waals surface area contributed by atoms with Gasteiger partial charge in [-0.05, 0) is 60.8 Å². The van der Waals surface area contributed by atoms with Gasteiger partial charge in [0.15, 0.2) is 11.6 Å². The zero-order chi connectivity index (χ0) is 16.9. The molecule has 1 heterocycles. The molecule has 2 aliphatic rings. The first-order chi connectivity index (χ1) is 11.7. The lowest BCUT2D eigenvalue weighted by Crippen LogP contribution is -2.14. The predicted octanol–water partition coefficient (Wildman–Crippen LogP) is 4.01. The first kappa shape index (κ1) is 16.5. The summed E-state index contributed by atoms with van der Waals surface area (Å²) in [5, 5.41) is 0. The van der Waals surface area contributed by atoms with Gasteiger partial charge in [0.1, 0.15) is 5.75 Å². The Morgan fingerprint density at radius 2 is 1.79 bits per heavy atom. The normalized spacial score (nSPS) is 16.8. The van der Waals surface area contributed by atoms with Gasteiger partial charge in [-0.25, -0.2) is 0 Å². The second kappa shape index (κ2) is 7.47. The van der Waals surface area contributed by atoms with Gasteiger partial charge in [0, 0.05) is 24.8 Å². The largest absolute Gasteiger partial charge is 0.498 e. The summed E-state index contributed by atoms with van der Waals surface area (Å²) >= 11 is 0. The highest BCUT2D eigenvalue weighted by atomic mass is 16.5. The van der Waals surface area contributed by atoms with Gasteiger partial charge < -0.3 is 9.47 Å². The van der Waals surface area contributed by atoms with Gasteiger partial charge in [0.2, 0.25) is 0 Å². The third-order valence-electron chi connectivity index (χ3n) is 4.54. The maximum atomic E-state index is 12.4. The van der Waals surface area contributed by atoms with Crippen LogP contribution in [0.1, 0.15) is 48.9 Å². The van der Waals surface area contributed by atoms with Gasteiger partial charge >= 0.3 is 0 Å². The fraction of sp³-hybridized carbons (Fsp3) is 0.400. The van der Waals surface area contributed by atoms with Crippen LogP contribution in [0.5, 0.6) is 5.75 Å². The fourth-order valence-electron chi connectivity index (χ4n) is 3.13. The van der Waals surface area contributed by atoms with Gasteiger partial charge in [-0.2, -0.15) is 0 Å². The minimum Gasteiger partial charge on any atom is -0.498 e. The third kappa shape index (κ3) is 3.75. The molecule has 4 nitrogen and oxygen atoms in total. The summed E-state index contributed by atoms with van der Waals surface area (Å²) in [6.45, 7) is 0.784. The van der Waals surface area contributed by atoms with Crippen molar-refractivity contribution in [3.05, 3.63) is 52.8 Å². The number of carbonyl (C=O) groups excluding carboxylic acids is 2. The van der Waals surface area contributed by atoms with Gasteiger partial charge in [-0.1, -0.05) is 0 Å². The van der Waals surface area contributed by atoms with E-state index in [0.29, 0.717) is 17.7 Å². The molecule has 0 bridgehead atoms. The Morgan fingerprint density at radius 3 is 2.54 bits per heavy atom. The third-order valence-corrected chi connectivity index (χ3v) is 4.54. The molecule has 0 atom stereocenters. The van der Waals surface area contributed by atoms with Crippen molar-refractivity contribution in [2.45, 2.75) is 38.5 Å². The zero-order valence-corrected chi connectivity index (χ0v) is 14.0. The molecule has 0 radical (unpaired) electrons. The van der Waals surface area contributed by atoms with Crippen LogP contribution in [0.15, 0.2) is 47.2 Å². The van der Waals surface area contributed by atoms with E-state index in [0.717, 1.165) is 42.8 Å². The van der Waals surface area contributed by atoms with Crippen molar-refractivity contribution in [1.29, 1.82) is 0 Å². The van der Waals surface area contributed by atoms with Crippen molar-refractivity contribution in [1.82, 2.24) is 0 Å². The lowest BCUT2D eigenvalue weighted by molar-refractivity contribution is -0.115. The summed E-state index contributed by atoms with van der Waals surface area (Å²) in [5.41, 5.74) is 2.62. The van der Waals surface area contributed by atoms with E-state index in [1.54, 1.807) is 31.4 Å². The van der Waals surface area contributed by atoms with E-state index in [1.165, 1.54) is 0 Å². The molecule has 0 saturated carbocycles. The van der Waals surface area contributed by atoms with Crippen molar-refractivity contribution < 1.29 is 19.1 Å². The molecule has 4 heteroatoms. The molecule has 0 fully saturated rings. The number of rotatable bonds is 6. The van der Waals surface area contributed by atoms with Crippen LogP contribution >= 0.6 is 0 Å². The van der Waals surface area contributed by atoms with Crippen LogP contribution in [-0.2, 0) is 9.53 Å². The van der Waals surface area contributed by atoms with E-state index in [4.69, 9.17) is 9.47 Å². The number of benzene rings is 1. The molecule has 1 aliphatic carbocycles. The van der Waals surface area contributed by atoms with Gasteiger partial charge in [0.25, 0.3) is 0 Å². The molecule has 0 amide bonds. The molecule has 0 N–H and O–H groups in total. The summed E-state index contributed by atoms with van der Waals surface area (Å²) in [4.78, 5) is 24.6. The molecule has 1 aromatic rings. The van der Waals surface area contributed by atoms with Crippen LogP contribution in [0.3, 0.4) is 0 Å². The summed E-state index contributed by atoms with van der Waals surface area (Å²) in [6.07, 6.45) is 6.00. The smallest absolute Gasteiger partial charge is 0.163 e. The number of methoxy groups -OCH3 is 1. The van der Waals surface area contributed by atoms with E-state index in [9.17, 15) is 9.59 Å². The first-order valence-electron chi connectivity index (χ1n) is 8.43. The van der Waals surface area contributed by atoms with Crippen LogP contribution in [0.2, 0.25) is 0 Å². The highest BCUT2D eigenvalue weighted by Gasteiger charge is 2.21. The molecular weight excluding hydrogens is 304 g/mol. The van der Waals surface area contributed by atoms with E-state index >= 15 is 0 Å². The Bertz CT molecular complexity index is 695. The van der Waals surface area contributed by atoms with Crippen LogP contribution in [0.4, 0.5) is 0 Å². The maximum absolute atomic E-state index is 12.4. The van der Waals surface area contributed by atoms with Crippen LogP contribution in [-0.4, -0.2) is 25.3 Å². The number of Topliss-reactive ketones (excluding diaryl/α,β-unsaturated/α-hetero) is 2. The number of carbonyl (C=O) groups is 2. The Hall–Kier alpha value is -2.36. The zero-order valence-electron chi connectivity index (χ0n) is 14.0. The molecule has 1 aromatic carbocycles. The summed E-state index contributed by atoms with van der Waals surface area (Å²) in [7, 11) is 1.59. The van der Waals surface area contributed by atoms with Crippen LogP contribution in [0, 0.1) is 0 Å². The van der Waals surface area contributed by atoms with Gasteiger partial charge in [-0.3, -0.25) is 9.59 Å². The number of hydrogen-bond acceptors (Lipinski definition) is 4. The van der Waals surface area contributed by atoms with Crippen molar-refractivity contribution in [2.24, 2.45) is 0 Å². The van der Waals surface area contributed by atoms with Gasteiger partial charge in [-0.15, -0.1) is 0 Å². The molecule has 1 aliphatic heterocycles. The van der Waals surface area contributed by atoms with Gasteiger partial charge in [0.05, 0.1) is 19.5 Å². The lowest BCUT2D eigenvalue weighted by Gasteiger charge is -2.24. The molecule has 24 heavy (non-hydrogen) atoms. The Labute approximate surface area is 142 Å². The average molecular weight is 326 g/mol. The fourth-order valence-corrected chi connectivity index (χ4v) is 3.13. The Kier molecular flexibility index (Phi) is 5.14. The van der Waals surface area contributed by atoms with Crippen molar-refractivity contribution in [2.75, 3.05) is 13.7 Å². The van der Waals surface area contributed by atoms with E-state index < -0.39 is 0 Å². The lowest BCUT2D eigenvalue weighted by atomic mass is 9.90. The number of ether oxygens (including phenoxy) is 2. The molecule has 0 saturated heterocycles. The number of allylic oxidation sites excluding steroid dienone is 4. The van der Waals surface area contributed by atoms with Crippen molar-refractivity contribution in [3.8, 4) is 5.75 Å². The molecule has 0 unspecified atom stereocenters.